The van der Waals surface area contributed by atoms with Crippen LogP contribution < -0.4 is 21.5 Å². The van der Waals surface area contributed by atoms with Crippen molar-refractivity contribution in [1.29, 1.82) is 0 Å². The number of aromatic nitrogens is 2. The molecule has 3 aliphatic rings. The largest absolute Gasteiger partial charge is 0.491 e. The first-order valence-electron chi connectivity index (χ1n) is 10.7. The van der Waals surface area contributed by atoms with Crippen LogP contribution in [0.25, 0.3) is 11.3 Å². The summed E-state index contributed by atoms with van der Waals surface area (Å²) in [5, 5.41) is 3.88. The van der Waals surface area contributed by atoms with Gasteiger partial charge in [0.2, 0.25) is 5.95 Å². The molecule has 0 atom stereocenters. The number of urea groups is 1. The third kappa shape index (κ3) is 4.43. The summed E-state index contributed by atoms with van der Waals surface area (Å²) >= 11 is 12.9. The first-order valence-corrected chi connectivity index (χ1v) is 11.4. The van der Waals surface area contributed by atoms with Gasteiger partial charge in [0.25, 0.3) is 0 Å². The van der Waals surface area contributed by atoms with Gasteiger partial charge in [0.1, 0.15) is 12.4 Å². The summed E-state index contributed by atoms with van der Waals surface area (Å²) in [5.41, 5.74) is 14.6. The molecule has 9 nitrogen and oxygen atoms in total. The number of benzene rings is 1. The lowest BCUT2D eigenvalue weighted by atomic mass is 10.0. The van der Waals surface area contributed by atoms with Crippen LogP contribution in [0, 0.1) is 0 Å². The summed E-state index contributed by atoms with van der Waals surface area (Å²) in [4.78, 5) is 25.4. The minimum atomic E-state index is -0.110. The average Bonchev–Trinajstić information content (AvgIpc) is 3.41. The molecule has 3 heterocycles. The lowest BCUT2D eigenvalue weighted by molar-refractivity contribution is 0.124. The lowest BCUT2D eigenvalue weighted by Gasteiger charge is -2.36. The lowest BCUT2D eigenvalue weighted by Crippen LogP contribution is -2.56. The van der Waals surface area contributed by atoms with Crippen molar-refractivity contribution in [2.24, 2.45) is 5.73 Å². The molecule has 0 spiro atoms. The molecule has 5 N–H and O–H groups in total. The summed E-state index contributed by atoms with van der Waals surface area (Å²) in [6, 6.07) is 3.77. The molecule has 1 aromatic heterocycles. The van der Waals surface area contributed by atoms with Gasteiger partial charge in [0, 0.05) is 42.3 Å². The summed E-state index contributed by atoms with van der Waals surface area (Å²) in [6.45, 7) is 3.66. The highest BCUT2D eigenvalue weighted by molar-refractivity contribution is 6.37. The minimum absolute atomic E-state index is 0.110. The number of rotatable bonds is 6. The molecule has 2 aliphatic heterocycles. The maximum absolute atomic E-state index is 12.6. The SMILES string of the molecule is Nc1nc2c(c(-c3c(Cl)cc(Cl)cc3OCCN3CC(N)C3)n1)CN(C(=O)NC1CC1)C2. The molecule has 11 heteroatoms. The van der Waals surface area contributed by atoms with Gasteiger partial charge >= 0.3 is 6.03 Å². The molecule has 1 saturated carbocycles. The van der Waals surface area contributed by atoms with Crippen molar-refractivity contribution in [1.82, 2.24) is 25.1 Å². The zero-order chi connectivity index (χ0) is 22.4. The van der Waals surface area contributed by atoms with Crippen LogP contribution >= 0.6 is 23.2 Å². The molecular weight excluding hydrogens is 453 g/mol. The number of fused-ring (bicyclic) bond motifs is 1. The van der Waals surface area contributed by atoms with Gasteiger partial charge < -0.3 is 26.4 Å². The minimum Gasteiger partial charge on any atom is -0.491 e. The fraction of sp³-hybridized carbons (Fsp3) is 0.476. The number of amides is 2. The summed E-state index contributed by atoms with van der Waals surface area (Å²) < 4.78 is 6.08. The highest BCUT2D eigenvalue weighted by atomic mass is 35.5. The van der Waals surface area contributed by atoms with E-state index in [1.54, 1.807) is 17.0 Å². The normalized spacial score (nSPS) is 18.4. The van der Waals surface area contributed by atoms with E-state index in [2.05, 4.69) is 20.2 Å². The number of nitrogens with zero attached hydrogens (tertiary/aromatic N) is 4. The first-order chi connectivity index (χ1) is 15.4. The van der Waals surface area contributed by atoms with E-state index in [-0.39, 0.29) is 24.1 Å². The Labute approximate surface area is 196 Å². The predicted octanol–water partition coefficient (Wildman–Crippen LogP) is 2.24. The number of nitrogens with one attached hydrogen (secondary N) is 1. The fourth-order valence-corrected chi connectivity index (χ4v) is 4.65. The van der Waals surface area contributed by atoms with E-state index in [1.165, 1.54) is 0 Å². The third-order valence-corrected chi connectivity index (χ3v) is 6.41. The zero-order valence-corrected chi connectivity index (χ0v) is 19.0. The number of halogens is 2. The van der Waals surface area contributed by atoms with Crippen LogP contribution in [0.2, 0.25) is 10.0 Å². The van der Waals surface area contributed by atoms with Gasteiger partial charge in [0.15, 0.2) is 0 Å². The number of ether oxygens (including phenoxy) is 1. The molecule has 0 unspecified atom stereocenters. The number of likely N-dealkylation sites (tertiary alicyclic amines) is 1. The Kier molecular flexibility index (Phi) is 5.75. The molecule has 1 aliphatic carbocycles. The molecule has 170 valence electrons. The molecule has 2 aromatic rings. The molecule has 0 radical (unpaired) electrons. The van der Waals surface area contributed by atoms with E-state index in [1.807, 2.05) is 0 Å². The Morgan fingerprint density at radius 1 is 1.22 bits per heavy atom. The Bertz CT molecular complexity index is 1060. The van der Waals surface area contributed by atoms with Gasteiger partial charge in [-0.1, -0.05) is 23.2 Å². The average molecular weight is 478 g/mol. The summed E-state index contributed by atoms with van der Waals surface area (Å²) in [7, 11) is 0. The number of hydrogen-bond donors (Lipinski definition) is 3. The van der Waals surface area contributed by atoms with E-state index in [4.69, 9.17) is 39.4 Å². The van der Waals surface area contributed by atoms with E-state index in [0.29, 0.717) is 52.4 Å². The van der Waals surface area contributed by atoms with E-state index >= 15 is 0 Å². The molecule has 0 bridgehead atoms. The molecule has 2 fully saturated rings. The predicted molar refractivity (Wildman–Crippen MR) is 123 cm³/mol. The highest BCUT2D eigenvalue weighted by Crippen LogP contribution is 2.42. The monoisotopic (exact) mass is 477 g/mol. The standard InChI is InChI=1S/C21H25Cl2N7O2/c22-11-5-15(23)18(17(6-11)32-4-3-29-7-12(24)8-29)19-14-9-30(21(31)26-13-1-2-13)10-16(14)27-20(25)28-19/h5-6,12-13H,1-4,7-10,24H2,(H,26,31)(H2,25,27,28). The van der Waals surface area contributed by atoms with Crippen LogP contribution in [0.15, 0.2) is 12.1 Å². The molecule has 1 aromatic carbocycles. The van der Waals surface area contributed by atoms with E-state index in [0.717, 1.165) is 38.0 Å². The van der Waals surface area contributed by atoms with E-state index < -0.39 is 0 Å². The second kappa shape index (κ2) is 8.55. The number of anilines is 1. The highest BCUT2D eigenvalue weighted by Gasteiger charge is 2.33. The van der Waals surface area contributed by atoms with Gasteiger partial charge in [0.05, 0.1) is 35.1 Å². The van der Waals surface area contributed by atoms with Crippen molar-refractivity contribution in [2.75, 3.05) is 32.0 Å². The fourth-order valence-electron chi connectivity index (χ4n) is 4.09. The topological polar surface area (TPSA) is 123 Å². The number of carbonyl (C=O) groups excluding carboxylic acids is 1. The Morgan fingerprint density at radius 2 is 2.00 bits per heavy atom. The Balaban J connectivity index is 1.42. The summed E-state index contributed by atoms with van der Waals surface area (Å²) in [6.07, 6.45) is 2.05. The van der Waals surface area contributed by atoms with Gasteiger partial charge in [-0.15, -0.1) is 0 Å². The molecule has 2 amide bonds. The smallest absolute Gasteiger partial charge is 0.318 e. The van der Waals surface area contributed by atoms with Gasteiger partial charge in [-0.05, 0) is 25.0 Å². The van der Waals surface area contributed by atoms with Crippen LogP contribution in [-0.4, -0.2) is 64.1 Å². The Morgan fingerprint density at radius 3 is 2.72 bits per heavy atom. The van der Waals surface area contributed by atoms with Crippen LogP contribution in [0.3, 0.4) is 0 Å². The van der Waals surface area contributed by atoms with Crippen molar-refractivity contribution in [2.45, 2.75) is 38.0 Å². The number of nitrogens with two attached hydrogens (primary N) is 2. The van der Waals surface area contributed by atoms with Gasteiger partial charge in [-0.25, -0.2) is 14.8 Å². The van der Waals surface area contributed by atoms with Gasteiger partial charge in [-0.2, -0.15) is 0 Å². The third-order valence-electron chi connectivity index (χ3n) is 5.90. The molecular formula is C21H25Cl2N7O2. The van der Waals surface area contributed by atoms with Crippen molar-refractivity contribution >= 4 is 35.2 Å². The van der Waals surface area contributed by atoms with Crippen molar-refractivity contribution < 1.29 is 9.53 Å². The summed E-state index contributed by atoms with van der Waals surface area (Å²) in [5.74, 6) is 0.642. The number of hydrogen-bond acceptors (Lipinski definition) is 7. The van der Waals surface area contributed by atoms with Crippen LogP contribution in [0.5, 0.6) is 5.75 Å². The van der Waals surface area contributed by atoms with Crippen LogP contribution in [-0.2, 0) is 13.1 Å². The molecule has 5 rings (SSSR count). The second-order valence-corrected chi connectivity index (χ2v) is 9.41. The molecule has 32 heavy (non-hydrogen) atoms. The van der Waals surface area contributed by atoms with Crippen LogP contribution in [0.1, 0.15) is 24.1 Å². The molecule has 1 saturated heterocycles. The van der Waals surface area contributed by atoms with Crippen molar-refractivity contribution in [3.05, 3.63) is 33.4 Å². The number of nitrogen functional groups attached to an aromatic ring is 1. The number of carbonyl (C=O) groups is 1. The quantitative estimate of drug-likeness (QED) is 0.582. The van der Waals surface area contributed by atoms with Crippen molar-refractivity contribution in [3.63, 3.8) is 0 Å². The van der Waals surface area contributed by atoms with Crippen molar-refractivity contribution in [3.8, 4) is 17.0 Å². The Hall–Kier alpha value is -2.33. The maximum Gasteiger partial charge on any atom is 0.318 e. The second-order valence-electron chi connectivity index (χ2n) is 8.56. The van der Waals surface area contributed by atoms with Gasteiger partial charge in [-0.3, -0.25) is 4.90 Å². The maximum atomic E-state index is 12.6. The van der Waals surface area contributed by atoms with E-state index in [9.17, 15) is 4.79 Å². The first kappa shape index (κ1) is 21.5. The zero-order valence-electron chi connectivity index (χ0n) is 17.5. The van der Waals surface area contributed by atoms with Crippen LogP contribution in [0.4, 0.5) is 10.7 Å².